The van der Waals surface area contributed by atoms with Crippen molar-refractivity contribution in [2.45, 2.75) is 28.7 Å². The number of hydrogen-bond donors (Lipinski definition) is 1. The molecule has 130 valence electrons. The molecule has 0 radical (unpaired) electrons. The van der Waals surface area contributed by atoms with Crippen LogP contribution in [0.15, 0.2) is 34.1 Å². The van der Waals surface area contributed by atoms with E-state index in [9.17, 15) is 16.8 Å². The third-order valence-electron chi connectivity index (χ3n) is 4.09. The van der Waals surface area contributed by atoms with Crippen LogP contribution >= 0.6 is 0 Å². The predicted molar refractivity (Wildman–Crippen MR) is 88.2 cm³/mol. The van der Waals surface area contributed by atoms with Crippen LogP contribution in [0.25, 0.3) is 0 Å². The highest BCUT2D eigenvalue weighted by atomic mass is 32.2. The van der Waals surface area contributed by atoms with Crippen LogP contribution in [0.2, 0.25) is 0 Å². The molecule has 0 aromatic heterocycles. The minimum Gasteiger partial charge on any atom is -0.317 e. The van der Waals surface area contributed by atoms with E-state index in [0.717, 1.165) is 4.31 Å². The number of hydrogen-bond acceptors (Lipinski definition) is 5. The Balaban J connectivity index is 2.43. The Kier molecular flexibility index (Phi) is 5.47. The summed E-state index contributed by atoms with van der Waals surface area (Å²) < 4.78 is 53.0. The van der Waals surface area contributed by atoms with Gasteiger partial charge in [0.25, 0.3) is 0 Å². The van der Waals surface area contributed by atoms with Gasteiger partial charge in [-0.25, -0.2) is 21.1 Å². The first-order valence-electron chi connectivity index (χ1n) is 7.40. The van der Waals surface area contributed by atoms with Crippen LogP contribution in [0.4, 0.5) is 0 Å². The summed E-state index contributed by atoms with van der Waals surface area (Å²) in [6, 6.07) is 6.06. The highest BCUT2D eigenvalue weighted by Gasteiger charge is 2.34. The van der Waals surface area contributed by atoms with Crippen molar-refractivity contribution >= 4 is 20.0 Å². The van der Waals surface area contributed by atoms with Gasteiger partial charge in [0, 0.05) is 33.2 Å². The molecule has 2 rings (SSSR count). The van der Waals surface area contributed by atoms with E-state index in [1.54, 1.807) is 6.07 Å². The molecule has 1 aliphatic heterocycles. The van der Waals surface area contributed by atoms with E-state index in [1.165, 1.54) is 36.6 Å². The Hall–Kier alpha value is -1.00. The second kappa shape index (κ2) is 6.86. The number of nitrogens with one attached hydrogen (secondary N) is 1. The molecule has 9 heteroatoms. The van der Waals surface area contributed by atoms with Crippen LogP contribution in [0.1, 0.15) is 12.8 Å². The van der Waals surface area contributed by atoms with Crippen LogP contribution in [0, 0.1) is 0 Å². The molecule has 0 unspecified atom stereocenters. The van der Waals surface area contributed by atoms with Gasteiger partial charge in [-0.2, -0.15) is 4.31 Å². The largest absolute Gasteiger partial charge is 0.317 e. The molecule has 0 spiro atoms. The second-order valence-corrected chi connectivity index (χ2v) is 9.73. The van der Waals surface area contributed by atoms with Gasteiger partial charge in [0.1, 0.15) is 9.79 Å². The molecule has 1 saturated heterocycles. The van der Waals surface area contributed by atoms with Crippen LogP contribution in [-0.2, 0) is 20.0 Å². The summed E-state index contributed by atoms with van der Waals surface area (Å²) >= 11 is 0. The first-order chi connectivity index (χ1) is 10.7. The van der Waals surface area contributed by atoms with Crippen molar-refractivity contribution < 1.29 is 16.8 Å². The van der Waals surface area contributed by atoms with Crippen molar-refractivity contribution in [1.82, 2.24) is 13.9 Å². The van der Waals surface area contributed by atoms with Gasteiger partial charge in [-0.1, -0.05) is 12.1 Å². The molecule has 0 aliphatic carbocycles. The van der Waals surface area contributed by atoms with E-state index >= 15 is 0 Å². The minimum absolute atomic E-state index is 0.156. The summed E-state index contributed by atoms with van der Waals surface area (Å²) in [7, 11) is -3.04. The third kappa shape index (κ3) is 3.58. The van der Waals surface area contributed by atoms with Crippen LogP contribution in [-0.4, -0.2) is 65.7 Å². The number of sulfonamides is 2. The van der Waals surface area contributed by atoms with Crippen molar-refractivity contribution in [1.29, 1.82) is 0 Å². The van der Waals surface area contributed by atoms with Gasteiger partial charge in [-0.15, -0.1) is 0 Å². The topological polar surface area (TPSA) is 86.8 Å². The lowest BCUT2D eigenvalue weighted by Crippen LogP contribution is -2.44. The fraction of sp³-hybridized carbons (Fsp3) is 0.571. The Bertz CT molecular complexity index is 752. The first-order valence-corrected chi connectivity index (χ1v) is 10.3. The normalized spacial score (nSPS) is 18.4. The van der Waals surface area contributed by atoms with E-state index in [1.807, 2.05) is 7.05 Å². The average Bonchev–Trinajstić information content (AvgIpc) is 2.54. The SMILES string of the molecule is CNC1CCN(S(=O)(=O)c2ccccc2S(=O)(=O)N(C)C)CC1. The van der Waals surface area contributed by atoms with E-state index < -0.39 is 20.0 Å². The quantitative estimate of drug-likeness (QED) is 0.816. The molecule has 1 aromatic rings. The lowest BCUT2D eigenvalue weighted by molar-refractivity contribution is 0.298. The third-order valence-corrected chi connectivity index (χ3v) is 8.05. The predicted octanol–water partition coefficient (Wildman–Crippen LogP) is 0.309. The van der Waals surface area contributed by atoms with Crippen molar-refractivity contribution in [3.63, 3.8) is 0 Å². The number of nitrogens with zero attached hydrogens (tertiary/aromatic N) is 2. The Morgan fingerprint density at radius 2 is 1.57 bits per heavy atom. The summed E-state index contributed by atoms with van der Waals surface area (Å²) in [6.07, 6.45) is 1.41. The van der Waals surface area contributed by atoms with Gasteiger partial charge in [0.05, 0.1) is 0 Å². The van der Waals surface area contributed by atoms with Crippen molar-refractivity contribution in [2.75, 3.05) is 34.2 Å². The van der Waals surface area contributed by atoms with Gasteiger partial charge in [-0.05, 0) is 32.0 Å². The van der Waals surface area contributed by atoms with E-state index in [2.05, 4.69) is 5.32 Å². The fourth-order valence-electron chi connectivity index (χ4n) is 2.60. The monoisotopic (exact) mass is 361 g/mol. The van der Waals surface area contributed by atoms with E-state index in [4.69, 9.17) is 0 Å². The van der Waals surface area contributed by atoms with Gasteiger partial charge in [0.2, 0.25) is 20.0 Å². The Morgan fingerprint density at radius 1 is 1.04 bits per heavy atom. The summed E-state index contributed by atoms with van der Waals surface area (Å²) in [5.74, 6) is 0. The smallest absolute Gasteiger partial charge is 0.244 e. The molecule has 7 nitrogen and oxygen atoms in total. The molecule has 0 atom stereocenters. The van der Waals surface area contributed by atoms with Gasteiger partial charge in [-0.3, -0.25) is 0 Å². The second-order valence-electron chi connectivity index (χ2n) is 5.70. The molecular weight excluding hydrogens is 338 g/mol. The molecule has 0 saturated carbocycles. The Labute approximate surface area is 138 Å². The summed E-state index contributed by atoms with van der Waals surface area (Å²) in [4.78, 5) is -0.336. The molecule has 1 heterocycles. The zero-order chi connectivity index (χ0) is 17.3. The highest BCUT2D eigenvalue weighted by Crippen LogP contribution is 2.27. The molecule has 0 amide bonds. The standard InChI is InChI=1S/C14H23N3O4S2/c1-15-12-8-10-17(11-9-12)23(20,21)14-7-5-4-6-13(14)22(18,19)16(2)3/h4-7,12,15H,8-11H2,1-3H3. The fourth-order valence-corrected chi connectivity index (χ4v) is 5.74. The van der Waals surface area contributed by atoms with Crippen molar-refractivity contribution in [2.24, 2.45) is 0 Å². The van der Waals surface area contributed by atoms with Crippen molar-refractivity contribution in [3.05, 3.63) is 24.3 Å². The van der Waals surface area contributed by atoms with E-state index in [-0.39, 0.29) is 9.79 Å². The maximum absolute atomic E-state index is 12.9. The Morgan fingerprint density at radius 3 is 2.04 bits per heavy atom. The zero-order valence-corrected chi connectivity index (χ0v) is 15.2. The molecule has 0 bridgehead atoms. The lowest BCUT2D eigenvalue weighted by atomic mass is 10.1. The first kappa shape index (κ1) is 18.3. The van der Waals surface area contributed by atoms with Crippen molar-refractivity contribution in [3.8, 4) is 0 Å². The summed E-state index contributed by atoms with van der Waals surface area (Å²) in [6.45, 7) is 0.758. The van der Waals surface area contributed by atoms with Gasteiger partial charge >= 0.3 is 0 Å². The molecule has 1 N–H and O–H groups in total. The van der Waals surface area contributed by atoms with Gasteiger partial charge in [0.15, 0.2) is 0 Å². The number of rotatable bonds is 5. The van der Waals surface area contributed by atoms with Crippen LogP contribution in [0.3, 0.4) is 0 Å². The molecule has 1 aromatic carbocycles. The number of piperidine rings is 1. The molecule has 23 heavy (non-hydrogen) atoms. The molecular formula is C14H23N3O4S2. The highest BCUT2D eigenvalue weighted by molar-refractivity contribution is 7.92. The van der Waals surface area contributed by atoms with Crippen LogP contribution < -0.4 is 5.32 Å². The molecule has 1 aliphatic rings. The average molecular weight is 361 g/mol. The minimum atomic E-state index is -3.84. The maximum Gasteiger partial charge on any atom is 0.244 e. The van der Waals surface area contributed by atoms with Crippen LogP contribution in [0.5, 0.6) is 0 Å². The molecule has 1 fully saturated rings. The maximum atomic E-state index is 12.9. The van der Waals surface area contributed by atoms with E-state index in [0.29, 0.717) is 32.0 Å². The summed E-state index contributed by atoms with van der Waals surface area (Å²) in [5.41, 5.74) is 0. The summed E-state index contributed by atoms with van der Waals surface area (Å²) in [5, 5.41) is 3.14. The lowest BCUT2D eigenvalue weighted by Gasteiger charge is -2.31. The zero-order valence-electron chi connectivity index (χ0n) is 13.6. The number of benzene rings is 1. The van der Waals surface area contributed by atoms with Gasteiger partial charge < -0.3 is 5.32 Å².